The van der Waals surface area contributed by atoms with Gasteiger partial charge in [-0.25, -0.2) is 4.98 Å². The molecule has 1 aliphatic carbocycles. The van der Waals surface area contributed by atoms with E-state index in [1.54, 1.807) is 19.1 Å². The summed E-state index contributed by atoms with van der Waals surface area (Å²) in [6.07, 6.45) is -1.12. The number of nitrogens with two attached hydrogens (primary N) is 1. The van der Waals surface area contributed by atoms with Gasteiger partial charge in [-0.2, -0.15) is 13.2 Å². The van der Waals surface area contributed by atoms with Gasteiger partial charge in [0.2, 0.25) is 0 Å². The second kappa shape index (κ2) is 4.76. The lowest BCUT2D eigenvalue weighted by molar-refractivity contribution is -0.120. The van der Waals surface area contributed by atoms with Gasteiger partial charge in [-0.05, 0) is 37.5 Å². The van der Waals surface area contributed by atoms with Crippen LogP contribution in [0.1, 0.15) is 31.4 Å². The molecule has 1 unspecified atom stereocenters. The van der Waals surface area contributed by atoms with E-state index in [1.807, 2.05) is 0 Å². The fourth-order valence-electron chi connectivity index (χ4n) is 1.85. The fraction of sp³-hybridized carbons (Fsp3) is 0.583. The van der Waals surface area contributed by atoms with Crippen molar-refractivity contribution in [2.24, 2.45) is 5.73 Å². The summed E-state index contributed by atoms with van der Waals surface area (Å²) in [4.78, 5) is 5.36. The molecule has 18 heavy (non-hydrogen) atoms. The SMILES string of the molecule is CC(N)c1ccnc(N(CC(F)(F)F)C2CC2)c1. The van der Waals surface area contributed by atoms with Crippen LogP contribution in [-0.2, 0) is 0 Å². The monoisotopic (exact) mass is 259 g/mol. The number of aromatic nitrogens is 1. The third-order valence-corrected chi connectivity index (χ3v) is 2.93. The molecule has 1 aromatic rings. The van der Waals surface area contributed by atoms with Gasteiger partial charge in [0.1, 0.15) is 12.4 Å². The molecule has 1 atom stereocenters. The van der Waals surface area contributed by atoms with Crippen LogP contribution in [0.25, 0.3) is 0 Å². The van der Waals surface area contributed by atoms with Crippen LogP contribution < -0.4 is 10.6 Å². The summed E-state index contributed by atoms with van der Waals surface area (Å²) in [6.45, 7) is 0.845. The van der Waals surface area contributed by atoms with E-state index < -0.39 is 12.7 Å². The molecule has 3 nitrogen and oxygen atoms in total. The minimum atomic E-state index is -4.21. The first-order chi connectivity index (χ1) is 8.37. The summed E-state index contributed by atoms with van der Waals surface area (Å²) >= 11 is 0. The zero-order valence-electron chi connectivity index (χ0n) is 10.1. The predicted octanol–water partition coefficient (Wildman–Crippen LogP) is 2.63. The van der Waals surface area contributed by atoms with Crippen LogP contribution in [0.4, 0.5) is 19.0 Å². The van der Waals surface area contributed by atoms with Gasteiger partial charge >= 0.3 is 6.18 Å². The lowest BCUT2D eigenvalue weighted by atomic mass is 10.1. The molecule has 1 heterocycles. The van der Waals surface area contributed by atoms with Crippen molar-refractivity contribution in [2.45, 2.75) is 38.0 Å². The molecule has 6 heteroatoms. The largest absolute Gasteiger partial charge is 0.405 e. The molecule has 2 N–H and O–H groups in total. The highest BCUT2D eigenvalue weighted by Gasteiger charge is 2.38. The van der Waals surface area contributed by atoms with E-state index in [-0.39, 0.29) is 12.1 Å². The molecule has 0 amide bonds. The van der Waals surface area contributed by atoms with Gasteiger partial charge in [0.15, 0.2) is 0 Å². The molecule has 0 saturated heterocycles. The third kappa shape index (κ3) is 3.35. The second-order valence-electron chi connectivity index (χ2n) is 4.71. The van der Waals surface area contributed by atoms with Crippen LogP contribution in [0.15, 0.2) is 18.3 Å². The molecular weight excluding hydrogens is 243 g/mol. The quantitative estimate of drug-likeness (QED) is 0.903. The zero-order chi connectivity index (χ0) is 13.3. The summed E-state index contributed by atoms with van der Waals surface area (Å²) < 4.78 is 37.6. The standard InChI is InChI=1S/C12H16F3N3/c1-8(16)9-4-5-17-11(6-9)18(10-2-3-10)7-12(13,14)15/h4-6,8,10H,2-3,7,16H2,1H3. The Labute approximate surface area is 104 Å². The number of anilines is 1. The summed E-state index contributed by atoms with van der Waals surface area (Å²) in [5.41, 5.74) is 6.53. The average molecular weight is 259 g/mol. The van der Waals surface area contributed by atoms with Crippen molar-refractivity contribution in [3.8, 4) is 0 Å². The zero-order valence-corrected chi connectivity index (χ0v) is 10.1. The Hall–Kier alpha value is -1.30. The van der Waals surface area contributed by atoms with E-state index in [0.717, 1.165) is 18.4 Å². The Morgan fingerprint density at radius 2 is 2.17 bits per heavy atom. The van der Waals surface area contributed by atoms with Crippen LogP contribution in [0.3, 0.4) is 0 Å². The molecule has 0 aliphatic heterocycles. The normalized spacial score (nSPS) is 17.6. The van der Waals surface area contributed by atoms with Gasteiger partial charge in [-0.1, -0.05) is 0 Å². The molecule has 100 valence electrons. The molecule has 1 aromatic heterocycles. The van der Waals surface area contributed by atoms with Gasteiger partial charge in [-0.15, -0.1) is 0 Å². The number of halogens is 3. The third-order valence-electron chi connectivity index (χ3n) is 2.93. The Kier molecular flexibility index (Phi) is 3.47. The van der Waals surface area contributed by atoms with Gasteiger partial charge in [0.05, 0.1) is 0 Å². The minimum Gasteiger partial charge on any atom is -0.345 e. The summed E-state index contributed by atoms with van der Waals surface area (Å²) in [5, 5.41) is 0. The van der Waals surface area contributed by atoms with Crippen LogP contribution in [0, 0.1) is 0 Å². The highest BCUT2D eigenvalue weighted by molar-refractivity contribution is 5.44. The first-order valence-electron chi connectivity index (χ1n) is 5.92. The minimum absolute atomic E-state index is 0.0394. The highest BCUT2D eigenvalue weighted by Crippen LogP contribution is 2.33. The summed E-state index contributed by atoms with van der Waals surface area (Å²) in [7, 11) is 0. The van der Waals surface area contributed by atoms with Crippen molar-refractivity contribution >= 4 is 5.82 Å². The maximum absolute atomic E-state index is 12.5. The summed E-state index contributed by atoms with van der Waals surface area (Å²) in [6, 6.07) is 3.13. The van der Waals surface area contributed by atoms with Gasteiger partial charge in [0.25, 0.3) is 0 Å². The number of pyridine rings is 1. The van der Waals surface area contributed by atoms with Gasteiger partial charge < -0.3 is 10.6 Å². The number of alkyl halides is 3. The highest BCUT2D eigenvalue weighted by atomic mass is 19.4. The van der Waals surface area contributed by atoms with Gasteiger partial charge in [-0.3, -0.25) is 0 Å². The first kappa shape index (κ1) is 13.1. The average Bonchev–Trinajstić information content (AvgIpc) is 3.08. The lowest BCUT2D eigenvalue weighted by Crippen LogP contribution is -2.36. The number of hydrogen-bond acceptors (Lipinski definition) is 3. The Morgan fingerprint density at radius 1 is 1.50 bits per heavy atom. The predicted molar refractivity (Wildman–Crippen MR) is 63.3 cm³/mol. The smallest absolute Gasteiger partial charge is 0.345 e. The van der Waals surface area contributed by atoms with Crippen molar-refractivity contribution in [1.82, 2.24) is 4.98 Å². The Balaban J connectivity index is 2.22. The van der Waals surface area contributed by atoms with Crippen molar-refractivity contribution in [1.29, 1.82) is 0 Å². The molecule has 0 bridgehead atoms. The summed E-state index contributed by atoms with van der Waals surface area (Å²) in [5.74, 6) is 0.365. The topological polar surface area (TPSA) is 42.1 Å². The van der Waals surface area contributed by atoms with Crippen LogP contribution in [-0.4, -0.2) is 23.7 Å². The Morgan fingerprint density at radius 3 is 2.67 bits per heavy atom. The van der Waals surface area contributed by atoms with Crippen molar-refractivity contribution in [2.75, 3.05) is 11.4 Å². The van der Waals surface area contributed by atoms with Gasteiger partial charge in [0, 0.05) is 18.3 Å². The molecular formula is C12H16F3N3. The van der Waals surface area contributed by atoms with E-state index in [9.17, 15) is 13.2 Å². The molecule has 0 spiro atoms. The van der Waals surface area contributed by atoms with E-state index >= 15 is 0 Å². The van der Waals surface area contributed by atoms with Crippen molar-refractivity contribution in [3.63, 3.8) is 0 Å². The van der Waals surface area contributed by atoms with Crippen LogP contribution >= 0.6 is 0 Å². The van der Waals surface area contributed by atoms with Crippen molar-refractivity contribution in [3.05, 3.63) is 23.9 Å². The maximum atomic E-state index is 12.5. The lowest BCUT2D eigenvalue weighted by Gasteiger charge is -2.25. The molecule has 0 aromatic carbocycles. The van der Waals surface area contributed by atoms with E-state index in [1.165, 1.54) is 11.1 Å². The first-order valence-corrected chi connectivity index (χ1v) is 5.92. The molecule has 0 radical (unpaired) electrons. The second-order valence-corrected chi connectivity index (χ2v) is 4.71. The van der Waals surface area contributed by atoms with Crippen molar-refractivity contribution < 1.29 is 13.2 Å². The number of hydrogen-bond donors (Lipinski definition) is 1. The fourth-order valence-corrected chi connectivity index (χ4v) is 1.85. The van der Waals surface area contributed by atoms with Crippen LogP contribution in [0.2, 0.25) is 0 Å². The molecule has 1 aliphatic rings. The molecule has 1 fully saturated rings. The molecule has 1 saturated carbocycles. The maximum Gasteiger partial charge on any atom is 0.405 e. The Bertz CT molecular complexity index is 413. The number of nitrogens with zero attached hydrogens (tertiary/aromatic N) is 2. The van der Waals surface area contributed by atoms with E-state index in [0.29, 0.717) is 5.82 Å². The molecule has 2 rings (SSSR count). The van der Waals surface area contributed by atoms with E-state index in [2.05, 4.69) is 4.98 Å². The van der Waals surface area contributed by atoms with E-state index in [4.69, 9.17) is 5.73 Å². The number of rotatable bonds is 4. The van der Waals surface area contributed by atoms with Crippen LogP contribution in [0.5, 0.6) is 0 Å².